The molecule has 3 heterocycles. The van der Waals surface area contributed by atoms with Crippen LogP contribution in [0.25, 0.3) is 0 Å². The minimum absolute atomic E-state index is 0.0658. The van der Waals surface area contributed by atoms with Crippen molar-refractivity contribution in [2.75, 3.05) is 31.1 Å². The summed E-state index contributed by atoms with van der Waals surface area (Å²) in [5.41, 5.74) is 1.86. The van der Waals surface area contributed by atoms with E-state index in [1.807, 2.05) is 18.2 Å². The molecular formula is C24H28N4O2. The highest BCUT2D eigenvalue weighted by atomic mass is 16.5. The third-order valence-electron chi connectivity index (χ3n) is 5.95. The molecule has 2 aliphatic rings. The van der Waals surface area contributed by atoms with Crippen molar-refractivity contribution in [2.24, 2.45) is 0 Å². The summed E-state index contributed by atoms with van der Waals surface area (Å²) < 4.78 is 5.69. The lowest BCUT2D eigenvalue weighted by Gasteiger charge is -2.27. The second kappa shape index (κ2) is 9.73. The van der Waals surface area contributed by atoms with Crippen molar-refractivity contribution in [3.8, 4) is 6.07 Å². The Bertz CT molecular complexity index is 872. The minimum atomic E-state index is -0.0826. The van der Waals surface area contributed by atoms with Gasteiger partial charge in [0.2, 0.25) is 0 Å². The van der Waals surface area contributed by atoms with E-state index in [1.165, 1.54) is 5.56 Å². The van der Waals surface area contributed by atoms with Crippen molar-refractivity contribution >= 4 is 11.7 Å². The van der Waals surface area contributed by atoms with Crippen LogP contribution in [0.2, 0.25) is 0 Å². The smallest absolute Gasteiger partial charge is 0.255 e. The molecule has 0 radical (unpaired) electrons. The molecule has 1 aromatic carbocycles. The first-order valence-electron chi connectivity index (χ1n) is 10.8. The van der Waals surface area contributed by atoms with E-state index in [4.69, 9.17) is 10.00 Å². The van der Waals surface area contributed by atoms with Gasteiger partial charge in [0.15, 0.2) is 0 Å². The van der Waals surface area contributed by atoms with Crippen LogP contribution in [0.4, 0.5) is 5.82 Å². The van der Waals surface area contributed by atoms with Crippen LogP contribution >= 0.6 is 0 Å². The molecular weight excluding hydrogens is 376 g/mol. The van der Waals surface area contributed by atoms with Gasteiger partial charge in [0.25, 0.3) is 5.91 Å². The molecule has 2 unspecified atom stereocenters. The Kier molecular flexibility index (Phi) is 6.60. The number of carbonyl (C=O) groups is 1. The summed E-state index contributed by atoms with van der Waals surface area (Å²) in [5, 5.41) is 8.97. The first-order valence-corrected chi connectivity index (χ1v) is 10.8. The maximum Gasteiger partial charge on any atom is 0.255 e. The van der Waals surface area contributed by atoms with Crippen LogP contribution in [-0.2, 0) is 4.74 Å². The highest BCUT2D eigenvalue weighted by molar-refractivity contribution is 5.94. The average Bonchev–Trinajstić information content (AvgIpc) is 3.49. The topological polar surface area (TPSA) is 69.5 Å². The van der Waals surface area contributed by atoms with Gasteiger partial charge in [-0.25, -0.2) is 4.98 Å². The molecule has 0 N–H and O–H groups in total. The van der Waals surface area contributed by atoms with Gasteiger partial charge in [-0.3, -0.25) is 4.79 Å². The zero-order chi connectivity index (χ0) is 20.8. The first kappa shape index (κ1) is 20.4. The Morgan fingerprint density at radius 1 is 1.20 bits per heavy atom. The van der Waals surface area contributed by atoms with Crippen molar-refractivity contribution in [1.29, 1.82) is 5.26 Å². The van der Waals surface area contributed by atoms with Gasteiger partial charge >= 0.3 is 0 Å². The number of ether oxygens (including phenoxy) is 1. The van der Waals surface area contributed by atoms with E-state index in [0.29, 0.717) is 31.1 Å². The van der Waals surface area contributed by atoms with Crippen LogP contribution in [0.1, 0.15) is 54.1 Å². The summed E-state index contributed by atoms with van der Waals surface area (Å²) in [6.07, 6.45) is 6.28. The Hall–Kier alpha value is -2.91. The summed E-state index contributed by atoms with van der Waals surface area (Å²) in [5.74, 6) is 0.821. The fraction of sp³-hybridized carbons (Fsp3) is 0.458. The number of pyridine rings is 1. The van der Waals surface area contributed by atoms with Crippen LogP contribution in [0.3, 0.4) is 0 Å². The van der Waals surface area contributed by atoms with Gasteiger partial charge in [-0.2, -0.15) is 5.26 Å². The van der Waals surface area contributed by atoms with Crippen molar-refractivity contribution in [3.05, 3.63) is 59.8 Å². The molecule has 0 saturated carbocycles. The van der Waals surface area contributed by atoms with Crippen LogP contribution < -0.4 is 4.90 Å². The highest BCUT2D eigenvalue weighted by Gasteiger charge is 2.28. The minimum Gasteiger partial charge on any atom is -0.376 e. The standard InChI is InChI=1S/C24H28N4O2/c25-13-6-14-27(18-21-9-5-16-30-21)24(29)20-11-12-23(26-17-20)28-15-4-10-22(28)19-7-2-1-3-8-19/h1-3,7-8,11-12,17,21-22H,4-6,9-10,14-16,18H2. The summed E-state index contributed by atoms with van der Waals surface area (Å²) in [6.45, 7) is 2.66. The summed E-state index contributed by atoms with van der Waals surface area (Å²) in [6, 6.07) is 16.8. The zero-order valence-electron chi connectivity index (χ0n) is 17.2. The maximum atomic E-state index is 13.1. The van der Waals surface area contributed by atoms with E-state index < -0.39 is 0 Å². The van der Waals surface area contributed by atoms with Crippen LogP contribution in [-0.4, -0.2) is 48.1 Å². The van der Waals surface area contributed by atoms with E-state index in [0.717, 1.165) is 44.7 Å². The molecule has 1 aromatic heterocycles. The number of benzene rings is 1. The molecule has 30 heavy (non-hydrogen) atoms. The van der Waals surface area contributed by atoms with Crippen molar-refractivity contribution in [1.82, 2.24) is 9.88 Å². The number of nitrogens with zero attached hydrogens (tertiary/aromatic N) is 4. The molecule has 0 bridgehead atoms. The van der Waals surface area contributed by atoms with Crippen LogP contribution in [0, 0.1) is 11.3 Å². The molecule has 156 valence electrons. The number of aromatic nitrogens is 1. The van der Waals surface area contributed by atoms with Crippen LogP contribution in [0.5, 0.6) is 0 Å². The zero-order valence-corrected chi connectivity index (χ0v) is 17.2. The van der Waals surface area contributed by atoms with Gasteiger partial charge in [-0.1, -0.05) is 30.3 Å². The van der Waals surface area contributed by atoms with Gasteiger partial charge in [0.1, 0.15) is 5.82 Å². The number of anilines is 1. The van der Waals surface area contributed by atoms with Crippen molar-refractivity contribution in [2.45, 2.75) is 44.2 Å². The Morgan fingerprint density at radius 2 is 2.07 bits per heavy atom. The predicted octanol–water partition coefficient (Wildman–Crippen LogP) is 3.96. The summed E-state index contributed by atoms with van der Waals surface area (Å²) in [7, 11) is 0. The quantitative estimate of drug-likeness (QED) is 0.699. The number of amides is 1. The Morgan fingerprint density at radius 3 is 2.77 bits per heavy atom. The molecule has 2 aliphatic heterocycles. The molecule has 4 rings (SSSR count). The lowest BCUT2D eigenvalue weighted by molar-refractivity contribution is 0.0531. The summed E-state index contributed by atoms with van der Waals surface area (Å²) in [4.78, 5) is 21.8. The number of carbonyl (C=O) groups excluding carboxylic acids is 1. The van der Waals surface area contributed by atoms with E-state index in [2.05, 4.69) is 40.2 Å². The molecule has 6 heteroatoms. The summed E-state index contributed by atoms with van der Waals surface area (Å²) >= 11 is 0. The normalized spacial score (nSPS) is 20.8. The largest absolute Gasteiger partial charge is 0.376 e. The molecule has 2 fully saturated rings. The molecule has 2 atom stereocenters. The Labute approximate surface area is 178 Å². The number of nitriles is 1. The number of hydrogen-bond acceptors (Lipinski definition) is 5. The maximum absolute atomic E-state index is 13.1. The molecule has 2 saturated heterocycles. The van der Waals surface area contributed by atoms with Crippen molar-refractivity contribution < 1.29 is 9.53 Å². The second-order valence-electron chi connectivity index (χ2n) is 7.96. The van der Waals surface area contributed by atoms with E-state index >= 15 is 0 Å². The molecule has 6 nitrogen and oxygen atoms in total. The van der Waals surface area contributed by atoms with Gasteiger partial charge < -0.3 is 14.5 Å². The van der Waals surface area contributed by atoms with Gasteiger partial charge in [-0.15, -0.1) is 0 Å². The third-order valence-corrected chi connectivity index (χ3v) is 5.95. The highest BCUT2D eigenvalue weighted by Crippen LogP contribution is 2.35. The predicted molar refractivity (Wildman–Crippen MR) is 115 cm³/mol. The van der Waals surface area contributed by atoms with Crippen LogP contribution in [0.15, 0.2) is 48.7 Å². The molecule has 2 aromatic rings. The average molecular weight is 405 g/mol. The fourth-order valence-corrected chi connectivity index (χ4v) is 4.42. The number of rotatable bonds is 7. The fourth-order valence-electron chi connectivity index (χ4n) is 4.42. The first-order chi connectivity index (χ1) is 14.8. The second-order valence-corrected chi connectivity index (χ2v) is 7.96. The lowest BCUT2D eigenvalue weighted by Crippen LogP contribution is -2.38. The van der Waals surface area contributed by atoms with E-state index in [-0.39, 0.29) is 12.0 Å². The lowest BCUT2D eigenvalue weighted by atomic mass is 10.0. The Balaban J connectivity index is 1.47. The monoisotopic (exact) mass is 404 g/mol. The number of hydrogen-bond donors (Lipinski definition) is 0. The van der Waals surface area contributed by atoms with Gasteiger partial charge in [-0.05, 0) is 43.4 Å². The molecule has 1 amide bonds. The molecule has 0 aliphatic carbocycles. The van der Waals surface area contributed by atoms with Gasteiger partial charge in [0, 0.05) is 32.4 Å². The van der Waals surface area contributed by atoms with E-state index in [1.54, 1.807) is 11.1 Å². The van der Waals surface area contributed by atoms with Crippen molar-refractivity contribution in [3.63, 3.8) is 0 Å². The SMILES string of the molecule is N#CCCN(CC1CCCO1)C(=O)c1ccc(N2CCCC2c2ccccc2)nc1. The third kappa shape index (κ3) is 4.63. The van der Waals surface area contributed by atoms with E-state index in [9.17, 15) is 4.79 Å². The molecule has 0 spiro atoms. The van der Waals surface area contributed by atoms with Gasteiger partial charge in [0.05, 0.1) is 30.2 Å².